The van der Waals surface area contributed by atoms with E-state index in [0.717, 1.165) is 30.8 Å². The molecule has 0 atom stereocenters. The number of hydrogen-bond acceptors (Lipinski definition) is 4. The van der Waals surface area contributed by atoms with Gasteiger partial charge in [-0.2, -0.15) is 0 Å². The number of amides is 1. The average Bonchev–Trinajstić information content (AvgIpc) is 3.16. The third-order valence-electron chi connectivity index (χ3n) is 4.91. The second-order valence-electron chi connectivity index (χ2n) is 6.90. The third-order valence-corrected chi connectivity index (χ3v) is 6.34. The fourth-order valence-corrected chi connectivity index (χ4v) is 4.82. The van der Waals surface area contributed by atoms with Crippen LogP contribution in [0.3, 0.4) is 0 Å². The molecule has 1 fully saturated rings. The standard InChI is InChI=1S/C19H20F2N4OS/c1-10-8-25-9-13(7-14(20)18(25)23-10)24-19(26)17-15(21)11(2)16(27-17)12-3-5-22-6-4-12/h7-9,12,22H,3-6H2,1-2H3,(H,24,26). The van der Waals surface area contributed by atoms with Gasteiger partial charge >= 0.3 is 0 Å². The first-order valence-corrected chi connectivity index (χ1v) is 9.71. The smallest absolute Gasteiger partial charge is 0.268 e. The van der Waals surface area contributed by atoms with Gasteiger partial charge in [0.05, 0.1) is 11.4 Å². The number of rotatable bonds is 3. The minimum Gasteiger partial charge on any atom is -0.320 e. The zero-order chi connectivity index (χ0) is 19.1. The number of thiophene rings is 1. The second-order valence-corrected chi connectivity index (χ2v) is 7.95. The molecule has 1 aliphatic heterocycles. The first kappa shape index (κ1) is 18.1. The van der Waals surface area contributed by atoms with Crippen LogP contribution in [0.5, 0.6) is 0 Å². The predicted molar refractivity (Wildman–Crippen MR) is 102 cm³/mol. The Morgan fingerprint density at radius 3 is 2.78 bits per heavy atom. The van der Waals surface area contributed by atoms with Gasteiger partial charge in [-0.15, -0.1) is 11.3 Å². The van der Waals surface area contributed by atoms with Gasteiger partial charge in [-0.25, -0.2) is 13.8 Å². The lowest BCUT2D eigenvalue weighted by Crippen LogP contribution is -2.26. The quantitative estimate of drug-likeness (QED) is 0.710. The molecule has 3 aromatic rings. The lowest BCUT2D eigenvalue weighted by Gasteiger charge is -2.22. The van der Waals surface area contributed by atoms with Crippen molar-refractivity contribution in [3.63, 3.8) is 0 Å². The van der Waals surface area contributed by atoms with Crippen LogP contribution in [-0.2, 0) is 0 Å². The van der Waals surface area contributed by atoms with Crippen LogP contribution in [0.1, 0.15) is 44.6 Å². The van der Waals surface area contributed by atoms with Gasteiger partial charge in [-0.3, -0.25) is 4.79 Å². The monoisotopic (exact) mass is 390 g/mol. The third kappa shape index (κ3) is 3.35. The first-order chi connectivity index (χ1) is 12.9. The van der Waals surface area contributed by atoms with Gasteiger partial charge in [-0.1, -0.05) is 0 Å². The van der Waals surface area contributed by atoms with E-state index in [1.54, 1.807) is 26.2 Å². The van der Waals surface area contributed by atoms with Gasteiger partial charge in [0.1, 0.15) is 10.7 Å². The SMILES string of the molecule is Cc1cn2cc(NC(=O)c3sc(C4CCNCC4)c(C)c3F)cc(F)c2n1. The van der Waals surface area contributed by atoms with Crippen LogP contribution in [-0.4, -0.2) is 28.4 Å². The minimum atomic E-state index is -0.559. The highest BCUT2D eigenvalue weighted by molar-refractivity contribution is 7.14. The summed E-state index contributed by atoms with van der Waals surface area (Å²) >= 11 is 1.20. The topological polar surface area (TPSA) is 58.4 Å². The van der Waals surface area contributed by atoms with Crippen molar-refractivity contribution in [3.05, 3.63) is 51.1 Å². The van der Waals surface area contributed by atoms with E-state index in [4.69, 9.17) is 0 Å². The Hall–Kier alpha value is -2.32. The normalized spacial score (nSPS) is 15.4. The number of carbonyl (C=O) groups is 1. The summed E-state index contributed by atoms with van der Waals surface area (Å²) in [4.78, 5) is 17.7. The highest BCUT2D eigenvalue weighted by atomic mass is 32.1. The van der Waals surface area contributed by atoms with Crippen molar-refractivity contribution in [2.75, 3.05) is 18.4 Å². The zero-order valence-electron chi connectivity index (χ0n) is 15.1. The number of hydrogen-bond donors (Lipinski definition) is 2. The number of halogens is 2. The molecule has 8 heteroatoms. The molecule has 0 bridgehead atoms. The maximum Gasteiger partial charge on any atom is 0.268 e. The second kappa shape index (κ2) is 7.01. The van der Waals surface area contributed by atoms with Crippen LogP contribution in [0.15, 0.2) is 18.5 Å². The van der Waals surface area contributed by atoms with E-state index >= 15 is 0 Å². The number of anilines is 1. The van der Waals surface area contributed by atoms with Crippen LogP contribution in [0.4, 0.5) is 14.5 Å². The Labute approximate surface area is 159 Å². The molecular formula is C19H20F2N4OS. The molecule has 4 heterocycles. The van der Waals surface area contributed by atoms with E-state index in [1.807, 2.05) is 0 Å². The Kier molecular flexibility index (Phi) is 4.69. The van der Waals surface area contributed by atoms with E-state index in [1.165, 1.54) is 21.8 Å². The molecule has 142 valence electrons. The summed E-state index contributed by atoms with van der Waals surface area (Å²) in [5.41, 5.74) is 1.67. The van der Waals surface area contributed by atoms with Gasteiger partial charge in [0.15, 0.2) is 11.5 Å². The molecule has 0 spiro atoms. The molecule has 3 aromatic heterocycles. The van der Waals surface area contributed by atoms with Crippen LogP contribution < -0.4 is 10.6 Å². The molecule has 2 N–H and O–H groups in total. The number of aromatic nitrogens is 2. The van der Waals surface area contributed by atoms with E-state index < -0.39 is 17.5 Å². The van der Waals surface area contributed by atoms with Crippen molar-refractivity contribution in [1.29, 1.82) is 0 Å². The van der Waals surface area contributed by atoms with Crippen molar-refractivity contribution in [2.24, 2.45) is 0 Å². The molecule has 0 aromatic carbocycles. The summed E-state index contributed by atoms with van der Waals surface area (Å²) in [5.74, 6) is -1.31. The van der Waals surface area contributed by atoms with Gasteiger partial charge in [-0.05, 0) is 51.3 Å². The Morgan fingerprint density at radius 1 is 1.30 bits per heavy atom. The maximum absolute atomic E-state index is 14.7. The average molecular weight is 390 g/mol. The molecular weight excluding hydrogens is 370 g/mol. The van der Waals surface area contributed by atoms with E-state index in [9.17, 15) is 13.6 Å². The number of pyridine rings is 1. The molecule has 1 aliphatic rings. The number of fused-ring (bicyclic) bond motifs is 1. The molecule has 0 radical (unpaired) electrons. The van der Waals surface area contributed by atoms with Crippen LogP contribution in [0, 0.1) is 25.5 Å². The highest BCUT2D eigenvalue weighted by Gasteiger charge is 2.26. The number of nitrogens with zero attached hydrogens (tertiary/aromatic N) is 2. The first-order valence-electron chi connectivity index (χ1n) is 8.89. The molecule has 4 rings (SSSR count). The maximum atomic E-state index is 14.7. The van der Waals surface area contributed by atoms with Crippen molar-refractivity contribution >= 4 is 28.6 Å². The van der Waals surface area contributed by atoms with E-state index in [2.05, 4.69) is 15.6 Å². The van der Waals surface area contributed by atoms with Crippen LogP contribution >= 0.6 is 11.3 Å². The summed E-state index contributed by atoms with van der Waals surface area (Å²) in [5, 5.41) is 5.91. The van der Waals surface area contributed by atoms with Gasteiger partial charge in [0.2, 0.25) is 0 Å². The number of imidazole rings is 1. The van der Waals surface area contributed by atoms with Crippen molar-refractivity contribution in [1.82, 2.24) is 14.7 Å². The van der Waals surface area contributed by atoms with Crippen LogP contribution in [0.2, 0.25) is 0 Å². The highest BCUT2D eigenvalue weighted by Crippen LogP contribution is 2.37. The van der Waals surface area contributed by atoms with Crippen molar-refractivity contribution in [2.45, 2.75) is 32.6 Å². The number of nitrogens with one attached hydrogen (secondary N) is 2. The zero-order valence-corrected chi connectivity index (χ0v) is 15.9. The Bertz CT molecular complexity index is 1020. The predicted octanol–water partition coefficient (Wildman–Crippen LogP) is 4.01. The molecule has 0 unspecified atom stereocenters. The largest absolute Gasteiger partial charge is 0.320 e. The lowest BCUT2D eigenvalue weighted by atomic mass is 9.94. The summed E-state index contributed by atoms with van der Waals surface area (Å²) in [6.07, 6.45) is 5.11. The number of aryl methyl sites for hydroxylation is 1. The van der Waals surface area contributed by atoms with Gasteiger partial charge in [0.25, 0.3) is 5.91 Å². The van der Waals surface area contributed by atoms with Gasteiger partial charge in [0, 0.05) is 23.3 Å². The van der Waals surface area contributed by atoms with Crippen molar-refractivity contribution < 1.29 is 13.6 Å². The van der Waals surface area contributed by atoms with E-state index in [0.29, 0.717) is 11.3 Å². The molecule has 5 nitrogen and oxygen atoms in total. The summed E-state index contributed by atoms with van der Waals surface area (Å²) in [6, 6.07) is 1.20. The fourth-order valence-electron chi connectivity index (χ4n) is 3.57. The Morgan fingerprint density at radius 2 is 2.04 bits per heavy atom. The molecule has 0 aliphatic carbocycles. The van der Waals surface area contributed by atoms with Crippen LogP contribution in [0.25, 0.3) is 5.65 Å². The summed E-state index contributed by atoms with van der Waals surface area (Å²) in [6.45, 7) is 5.28. The van der Waals surface area contributed by atoms with Crippen molar-refractivity contribution in [3.8, 4) is 0 Å². The van der Waals surface area contributed by atoms with Gasteiger partial charge < -0.3 is 15.0 Å². The molecule has 27 heavy (non-hydrogen) atoms. The summed E-state index contributed by atoms with van der Waals surface area (Å²) in [7, 11) is 0. The fraction of sp³-hybridized carbons (Fsp3) is 0.368. The summed E-state index contributed by atoms with van der Waals surface area (Å²) < 4.78 is 30.4. The Balaban J connectivity index is 1.61. The lowest BCUT2D eigenvalue weighted by molar-refractivity contribution is 0.102. The molecule has 1 saturated heterocycles. The molecule has 0 saturated carbocycles. The minimum absolute atomic E-state index is 0.0448. The number of carbonyl (C=O) groups excluding carboxylic acids is 1. The molecule has 1 amide bonds. The van der Waals surface area contributed by atoms with E-state index in [-0.39, 0.29) is 22.1 Å². The number of piperidine rings is 1.